The van der Waals surface area contributed by atoms with Crippen LogP contribution in [0.5, 0.6) is 0 Å². The summed E-state index contributed by atoms with van der Waals surface area (Å²) in [7, 11) is 1.93. The predicted octanol–water partition coefficient (Wildman–Crippen LogP) is -0.662. The largest absolute Gasteiger partial charge is 0.338 e. The van der Waals surface area contributed by atoms with E-state index in [2.05, 4.69) is 15.0 Å². The number of hydrogen-bond donors (Lipinski definition) is 2. The van der Waals surface area contributed by atoms with Gasteiger partial charge in [-0.05, 0) is 20.0 Å². The zero-order valence-electron chi connectivity index (χ0n) is 11.8. The van der Waals surface area contributed by atoms with Crippen LogP contribution in [0.2, 0.25) is 0 Å². The minimum Gasteiger partial charge on any atom is -0.338 e. The van der Waals surface area contributed by atoms with Gasteiger partial charge in [0.2, 0.25) is 0 Å². The van der Waals surface area contributed by atoms with Crippen molar-refractivity contribution in [1.82, 2.24) is 23.9 Å². The zero-order chi connectivity index (χ0) is 14.3. The van der Waals surface area contributed by atoms with E-state index in [4.69, 9.17) is 0 Å². The zero-order valence-corrected chi connectivity index (χ0v) is 12.6. The van der Waals surface area contributed by atoms with Gasteiger partial charge in [-0.3, -0.25) is 0 Å². The lowest BCUT2D eigenvalue weighted by Crippen LogP contribution is -2.40. The molecular formula is C11H23N5O2S. The van der Waals surface area contributed by atoms with Gasteiger partial charge in [0, 0.05) is 46.0 Å². The minimum absolute atomic E-state index is 0.351. The van der Waals surface area contributed by atoms with Gasteiger partial charge in [0.15, 0.2) is 0 Å². The molecule has 1 heterocycles. The molecule has 0 bridgehead atoms. The second-order valence-electron chi connectivity index (χ2n) is 4.38. The fraction of sp³-hybridized carbons (Fsp3) is 0.727. The highest BCUT2D eigenvalue weighted by atomic mass is 32.2. The quantitative estimate of drug-likeness (QED) is 0.592. The van der Waals surface area contributed by atoms with Crippen LogP contribution in [0.4, 0.5) is 0 Å². The average molecular weight is 289 g/mol. The van der Waals surface area contributed by atoms with Crippen LogP contribution >= 0.6 is 0 Å². The maximum Gasteiger partial charge on any atom is 0.279 e. The molecular weight excluding hydrogens is 266 g/mol. The Labute approximate surface area is 115 Å². The summed E-state index contributed by atoms with van der Waals surface area (Å²) in [5.41, 5.74) is 0. The Morgan fingerprint density at radius 2 is 2.16 bits per heavy atom. The van der Waals surface area contributed by atoms with Gasteiger partial charge in [-0.25, -0.2) is 9.71 Å². The first-order chi connectivity index (χ1) is 8.97. The van der Waals surface area contributed by atoms with Crippen molar-refractivity contribution in [2.45, 2.75) is 12.8 Å². The molecule has 0 aliphatic heterocycles. The second-order valence-corrected chi connectivity index (χ2v) is 6.24. The van der Waals surface area contributed by atoms with E-state index in [1.54, 1.807) is 13.2 Å². The maximum absolute atomic E-state index is 11.9. The highest BCUT2D eigenvalue weighted by Crippen LogP contribution is 1.98. The summed E-state index contributed by atoms with van der Waals surface area (Å²) in [6, 6.07) is 0. The lowest BCUT2D eigenvalue weighted by Gasteiger charge is -2.17. The third kappa shape index (κ3) is 5.27. The molecule has 0 aliphatic carbocycles. The third-order valence-electron chi connectivity index (χ3n) is 2.86. The molecule has 8 heteroatoms. The SMILES string of the molecule is CNCCCN(C)S(=O)(=O)NCCc1nccn1C. The van der Waals surface area contributed by atoms with Gasteiger partial charge >= 0.3 is 0 Å². The Kier molecular flexibility index (Phi) is 6.43. The van der Waals surface area contributed by atoms with Crippen LogP contribution < -0.4 is 10.0 Å². The van der Waals surface area contributed by atoms with E-state index < -0.39 is 10.2 Å². The summed E-state index contributed by atoms with van der Waals surface area (Å²) in [6.45, 7) is 1.65. The van der Waals surface area contributed by atoms with Gasteiger partial charge in [0.05, 0.1) is 0 Å². The Hall–Kier alpha value is -0.960. The summed E-state index contributed by atoms with van der Waals surface area (Å²) in [5, 5.41) is 2.99. The number of aromatic nitrogens is 2. The van der Waals surface area contributed by atoms with Gasteiger partial charge < -0.3 is 9.88 Å². The molecule has 0 atom stereocenters. The monoisotopic (exact) mass is 289 g/mol. The molecule has 0 aromatic carbocycles. The smallest absolute Gasteiger partial charge is 0.279 e. The van der Waals surface area contributed by atoms with Crippen molar-refractivity contribution < 1.29 is 8.42 Å². The van der Waals surface area contributed by atoms with Crippen molar-refractivity contribution in [1.29, 1.82) is 0 Å². The first-order valence-electron chi connectivity index (χ1n) is 6.29. The number of imidazole rings is 1. The van der Waals surface area contributed by atoms with E-state index in [1.807, 2.05) is 24.9 Å². The molecule has 1 rings (SSSR count). The lowest BCUT2D eigenvalue weighted by atomic mass is 10.4. The third-order valence-corrected chi connectivity index (χ3v) is 4.44. The van der Waals surface area contributed by atoms with Crippen LogP contribution in [0.3, 0.4) is 0 Å². The Morgan fingerprint density at radius 3 is 2.74 bits per heavy atom. The summed E-state index contributed by atoms with van der Waals surface area (Å²) < 4.78 is 29.6. The van der Waals surface area contributed by atoms with Crippen molar-refractivity contribution in [3.63, 3.8) is 0 Å². The molecule has 0 saturated heterocycles. The number of nitrogens with one attached hydrogen (secondary N) is 2. The molecule has 0 saturated carbocycles. The van der Waals surface area contributed by atoms with E-state index >= 15 is 0 Å². The first kappa shape index (κ1) is 16.1. The highest BCUT2D eigenvalue weighted by Gasteiger charge is 2.16. The summed E-state index contributed by atoms with van der Waals surface area (Å²) in [4.78, 5) is 4.15. The molecule has 19 heavy (non-hydrogen) atoms. The standard InChI is InChI=1S/C11H23N5O2S/c1-12-6-4-9-16(3)19(17,18)14-7-5-11-13-8-10-15(11)2/h8,10,12,14H,4-7,9H2,1-3H3. The van der Waals surface area contributed by atoms with Crippen LogP contribution in [0.15, 0.2) is 12.4 Å². The molecule has 0 fully saturated rings. The van der Waals surface area contributed by atoms with E-state index in [1.165, 1.54) is 4.31 Å². The molecule has 7 nitrogen and oxygen atoms in total. The van der Waals surface area contributed by atoms with Gasteiger partial charge in [-0.15, -0.1) is 0 Å². The second kappa shape index (κ2) is 7.59. The van der Waals surface area contributed by atoms with E-state index in [9.17, 15) is 8.42 Å². The summed E-state index contributed by atoms with van der Waals surface area (Å²) >= 11 is 0. The van der Waals surface area contributed by atoms with E-state index in [-0.39, 0.29) is 0 Å². The molecule has 1 aromatic rings. The fourth-order valence-corrected chi connectivity index (χ4v) is 2.59. The first-order valence-corrected chi connectivity index (χ1v) is 7.73. The molecule has 110 valence electrons. The van der Waals surface area contributed by atoms with Crippen LogP contribution in [0, 0.1) is 0 Å². The molecule has 2 N–H and O–H groups in total. The van der Waals surface area contributed by atoms with E-state index in [0.29, 0.717) is 19.5 Å². The molecule has 0 unspecified atom stereocenters. The van der Waals surface area contributed by atoms with Gasteiger partial charge in [0.1, 0.15) is 5.82 Å². The Morgan fingerprint density at radius 1 is 1.42 bits per heavy atom. The molecule has 0 aliphatic rings. The van der Waals surface area contributed by atoms with Gasteiger partial charge in [-0.2, -0.15) is 12.7 Å². The van der Waals surface area contributed by atoms with Crippen LogP contribution in [0.25, 0.3) is 0 Å². The number of nitrogens with zero attached hydrogens (tertiary/aromatic N) is 3. The van der Waals surface area contributed by atoms with Crippen LogP contribution in [-0.4, -0.2) is 56.0 Å². The Bertz CT molecular complexity index is 471. The van der Waals surface area contributed by atoms with E-state index in [0.717, 1.165) is 18.8 Å². The van der Waals surface area contributed by atoms with Crippen molar-refractivity contribution in [2.75, 3.05) is 33.7 Å². The van der Waals surface area contributed by atoms with Crippen molar-refractivity contribution in [3.05, 3.63) is 18.2 Å². The molecule has 1 aromatic heterocycles. The Balaban J connectivity index is 2.36. The molecule has 0 amide bonds. The van der Waals surface area contributed by atoms with Crippen LogP contribution in [-0.2, 0) is 23.7 Å². The normalized spacial score (nSPS) is 12.2. The number of rotatable bonds is 9. The van der Waals surface area contributed by atoms with Crippen molar-refractivity contribution in [2.24, 2.45) is 7.05 Å². The fourth-order valence-electron chi connectivity index (χ4n) is 1.64. The molecule has 0 radical (unpaired) electrons. The number of aryl methyl sites for hydroxylation is 1. The maximum atomic E-state index is 11.9. The van der Waals surface area contributed by atoms with Crippen LogP contribution in [0.1, 0.15) is 12.2 Å². The average Bonchev–Trinajstić information content (AvgIpc) is 2.75. The van der Waals surface area contributed by atoms with Gasteiger partial charge in [0.25, 0.3) is 10.2 Å². The summed E-state index contributed by atoms with van der Waals surface area (Å²) in [5.74, 6) is 0.862. The highest BCUT2D eigenvalue weighted by molar-refractivity contribution is 7.87. The van der Waals surface area contributed by atoms with Crippen molar-refractivity contribution in [3.8, 4) is 0 Å². The van der Waals surface area contributed by atoms with Gasteiger partial charge in [-0.1, -0.05) is 0 Å². The topological polar surface area (TPSA) is 79.3 Å². The number of hydrogen-bond acceptors (Lipinski definition) is 4. The van der Waals surface area contributed by atoms with Crippen molar-refractivity contribution >= 4 is 10.2 Å². The summed E-state index contributed by atoms with van der Waals surface area (Å²) in [6.07, 6.45) is 4.90. The predicted molar refractivity (Wildman–Crippen MR) is 75.0 cm³/mol. The minimum atomic E-state index is -3.39. The lowest BCUT2D eigenvalue weighted by molar-refractivity contribution is 0.448. The molecule has 0 spiro atoms.